The van der Waals surface area contributed by atoms with Crippen molar-refractivity contribution in [2.24, 2.45) is 0 Å². The first-order valence-corrected chi connectivity index (χ1v) is 10.4. The number of urea groups is 1. The van der Waals surface area contributed by atoms with Crippen molar-refractivity contribution in [3.05, 3.63) is 29.3 Å². The lowest BCUT2D eigenvalue weighted by Crippen LogP contribution is -2.54. The normalized spacial score (nSPS) is 16.3. The van der Waals surface area contributed by atoms with Crippen molar-refractivity contribution >= 4 is 16.1 Å². The first kappa shape index (κ1) is 19.7. The lowest BCUT2D eigenvalue weighted by atomic mass is 10.2. The monoisotopic (exact) mass is 367 g/mol. The molecule has 1 aliphatic rings. The van der Waals surface area contributed by atoms with E-state index in [2.05, 4.69) is 5.32 Å². The van der Waals surface area contributed by atoms with Gasteiger partial charge < -0.3 is 10.2 Å². The van der Waals surface area contributed by atoms with Crippen molar-refractivity contribution in [3.63, 3.8) is 0 Å². The number of benzene rings is 1. The number of carbonyl (C=O) groups is 1. The topological polar surface area (TPSA) is 69.7 Å². The van der Waals surface area contributed by atoms with Gasteiger partial charge in [-0.1, -0.05) is 31.5 Å². The van der Waals surface area contributed by atoms with E-state index >= 15 is 0 Å². The number of nitrogens with zero attached hydrogens (tertiary/aromatic N) is 2. The Hall–Kier alpha value is -1.60. The number of hydrogen-bond acceptors (Lipinski definition) is 3. The first-order valence-electron chi connectivity index (χ1n) is 8.92. The zero-order valence-electron chi connectivity index (χ0n) is 15.6. The Balaban J connectivity index is 2.02. The lowest BCUT2D eigenvalue weighted by Gasteiger charge is -2.35. The Morgan fingerprint density at radius 3 is 2.24 bits per heavy atom. The molecule has 2 amide bonds. The number of nitrogens with one attached hydrogen (secondary N) is 1. The molecule has 0 aromatic heterocycles. The van der Waals surface area contributed by atoms with Crippen LogP contribution in [0.5, 0.6) is 0 Å². The smallest absolute Gasteiger partial charge is 0.317 e. The molecule has 1 fully saturated rings. The molecule has 1 aromatic carbocycles. The van der Waals surface area contributed by atoms with Crippen LogP contribution in [0.15, 0.2) is 23.1 Å². The quantitative estimate of drug-likeness (QED) is 0.869. The van der Waals surface area contributed by atoms with Gasteiger partial charge in [-0.15, -0.1) is 0 Å². The van der Waals surface area contributed by atoms with Crippen LogP contribution in [0.4, 0.5) is 4.79 Å². The Morgan fingerprint density at radius 1 is 1.12 bits per heavy atom. The first-order chi connectivity index (χ1) is 11.8. The van der Waals surface area contributed by atoms with Crippen LogP contribution in [0, 0.1) is 13.8 Å². The van der Waals surface area contributed by atoms with Gasteiger partial charge in [0, 0.05) is 32.2 Å². The summed E-state index contributed by atoms with van der Waals surface area (Å²) in [6.45, 7) is 9.33. The highest BCUT2D eigenvalue weighted by Crippen LogP contribution is 2.22. The molecule has 0 radical (unpaired) electrons. The third-order valence-corrected chi connectivity index (χ3v) is 6.85. The molecule has 25 heavy (non-hydrogen) atoms. The molecule has 2 rings (SSSR count). The van der Waals surface area contributed by atoms with E-state index in [-0.39, 0.29) is 12.1 Å². The number of aryl methyl sites for hydroxylation is 2. The molecule has 140 valence electrons. The molecule has 1 aliphatic heterocycles. The molecule has 7 heteroatoms. The molecule has 1 aromatic rings. The third kappa shape index (κ3) is 4.52. The highest BCUT2D eigenvalue weighted by Gasteiger charge is 2.31. The summed E-state index contributed by atoms with van der Waals surface area (Å²) in [6, 6.07) is 5.44. The highest BCUT2D eigenvalue weighted by atomic mass is 32.2. The van der Waals surface area contributed by atoms with E-state index in [0.29, 0.717) is 31.1 Å². The van der Waals surface area contributed by atoms with Gasteiger partial charge >= 0.3 is 6.03 Å². The van der Waals surface area contributed by atoms with Gasteiger partial charge in [0.1, 0.15) is 0 Å². The van der Waals surface area contributed by atoms with Crippen LogP contribution in [0.3, 0.4) is 0 Å². The number of hydrogen-bond donors (Lipinski definition) is 1. The fourth-order valence-corrected chi connectivity index (χ4v) is 4.75. The van der Waals surface area contributed by atoms with Gasteiger partial charge in [-0.3, -0.25) is 0 Å². The molecule has 1 N–H and O–H groups in total. The zero-order valence-corrected chi connectivity index (χ0v) is 16.4. The summed E-state index contributed by atoms with van der Waals surface area (Å²) in [5.74, 6) is 0. The Kier molecular flexibility index (Phi) is 6.46. The summed E-state index contributed by atoms with van der Waals surface area (Å²) in [5, 5.41) is 3.01. The van der Waals surface area contributed by atoms with Gasteiger partial charge in [0.15, 0.2) is 0 Å². The van der Waals surface area contributed by atoms with E-state index in [4.69, 9.17) is 0 Å². The summed E-state index contributed by atoms with van der Waals surface area (Å²) in [5.41, 5.74) is 1.80. The van der Waals surface area contributed by atoms with E-state index in [1.807, 2.05) is 39.8 Å². The summed E-state index contributed by atoms with van der Waals surface area (Å²) in [6.07, 6.45) is 1.78. The fourth-order valence-electron chi connectivity index (χ4n) is 3.12. The van der Waals surface area contributed by atoms with E-state index < -0.39 is 10.0 Å². The molecule has 1 saturated heterocycles. The predicted molar refractivity (Wildman–Crippen MR) is 99.1 cm³/mol. The maximum absolute atomic E-state index is 12.9. The number of piperazine rings is 1. The average molecular weight is 368 g/mol. The maximum Gasteiger partial charge on any atom is 0.317 e. The second-order valence-electron chi connectivity index (χ2n) is 6.62. The highest BCUT2D eigenvalue weighted by molar-refractivity contribution is 7.89. The molecule has 0 bridgehead atoms. The summed E-state index contributed by atoms with van der Waals surface area (Å²) < 4.78 is 27.2. The zero-order chi connectivity index (χ0) is 18.6. The third-order valence-electron chi connectivity index (χ3n) is 4.79. The number of sulfonamides is 1. The van der Waals surface area contributed by atoms with Crippen LogP contribution < -0.4 is 5.32 Å². The molecule has 0 atom stereocenters. The largest absolute Gasteiger partial charge is 0.335 e. The van der Waals surface area contributed by atoms with Crippen molar-refractivity contribution in [1.29, 1.82) is 0 Å². The predicted octanol–water partition coefficient (Wildman–Crippen LogP) is 2.51. The van der Waals surface area contributed by atoms with Crippen LogP contribution in [0.2, 0.25) is 0 Å². The van der Waals surface area contributed by atoms with Gasteiger partial charge in [-0.05, 0) is 38.3 Å². The van der Waals surface area contributed by atoms with E-state index in [1.165, 1.54) is 4.31 Å². The van der Waals surface area contributed by atoms with Crippen molar-refractivity contribution < 1.29 is 13.2 Å². The fraction of sp³-hybridized carbons (Fsp3) is 0.611. The summed E-state index contributed by atoms with van der Waals surface area (Å²) in [7, 11) is -3.52. The molecular formula is C18H29N3O3S. The summed E-state index contributed by atoms with van der Waals surface area (Å²) in [4.78, 5) is 14.3. The van der Waals surface area contributed by atoms with Crippen LogP contribution in [0.25, 0.3) is 0 Å². The van der Waals surface area contributed by atoms with Gasteiger partial charge in [0.05, 0.1) is 4.90 Å². The van der Waals surface area contributed by atoms with Crippen molar-refractivity contribution in [2.45, 2.75) is 51.5 Å². The minimum absolute atomic E-state index is 0.0998. The Morgan fingerprint density at radius 2 is 1.72 bits per heavy atom. The molecular weight excluding hydrogens is 338 g/mol. The number of amides is 2. The van der Waals surface area contributed by atoms with Crippen molar-refractivity contribution in [1.82, 2.24) is 14.5 Å². The van der Waals surface area contributed by atoms with Crippen LogP contribution in [-0.2, 0) is 10.0 Å². The molecule has 0 spiro atoms. The van der Waals surface area contributed by atoms with Gasteiger partial charge in [-0.2, -0.15) is 4.31 Å². The second kappa shape index (κ2) is 8.19. The Bertz CT molecular complexity index is 706. The van der Waals surface area contributed by atoms with Crippen LogP contribution in [-0.4, -0.2) is 55.9 Å². The van der Waals surface area contributed by atoms with Gasteiger partial charge in [0.2, 0.25) is 10.0 Å². The van der Waals surface area contributed by atoms with Crippen molar-refractivity contribution in [3.8, 4) is 0 Å². The molecule has 0 unspecified atom stereocenters. The lowest BCUT2D eigenvalue weighted by molar-refractivity contribution is 0.168. The molecule has 0 saturated carbocycles. The minimum Gasteiger partial charge on any atom is -0.335 e. The average Bonchev–Trinajstić information content (AvgIpc) is 2.59. The summed E-state index contributed by atoms with van der Waals surface area (Å²) >= 11 is 0. The van der Waals surface area contributed by atoms with Gasteiger partial charge in [-0.25, -0.2) is 13.2 Å². The van der Waals surface area contributed by atoms with E-state index in [0.717, 1.165) is 24.0 Å². The second-order valence-corrected chi connectivity index (χ2v) is 8.53. The van der Waals surface area contributed by atoms with E-state index in [9.17, 15) is 13.2 Å². The van der Waals surface area contributed by atoms with Gasteiger partial charge in [0.25, 0.3) is 0 Å². The SMILES string of the molecule is CCC(CC)NC(=O)N1CCN(S(=O)(=O)c2ccc(C)cc2C)CC1. The van der Waals surface area contributed by atoms with E-state index in [1.54, 1.807) is 11.0 Å². The van der Waals surface area contributed by atoms with Crippen molar-refractivity contribution in [2.75, 3.05) is 26.2 Å². The number of carbonyl (C=O) groups excluding carboxylic acids is 1. The molecule has 6 nitrogen and oxygen atoms in total. The Labute approximate surface area is 151 Å². The van der Waals surface area contributed by atoms with Crippen LogP contribution in [0.1, 0.15) is 37.8 Å². The minimum atomic E-state index is -3.52. The maximum atomic E-state index is 12.9. The standard InChI is InChI=1S/C18H29N3O3S/c1-5-16(6-2)19-18(22)20-9-11-21(12-10-20)25(23,24)17-8-7-14(3)13-15(17)4/h7-8,13,16H,5-6,9-12H2,1-4H3,(H,19,22). The molecule has 1 heterocycles. The molecule has 0 aliphatic carbocycles. The number of rotatable bonds is 5. The van der Waals surface area contributed by atoms with Crippen LogP contribution >= 0.6 is 0 Å².